The molecule has 0 saturated carbocycles. The molecule has 0 bridgehead atoms. The van der Waals surface area contributed by atoms with Crippen molar-refractivity contribution in [2.24, 2.45) is 5.92 Å². The highest BCUT2D eigenvalue weighted by Gasteiger charge is 2.49. The first kappa shape index (κ1) is 8.68. The summed E-state index contributed by atoms with van der Waals surface area (Å²) in [6.45, 7) is 1.44. The molecule has 3 heterocycles. The standard InChI is InChI=1S/C10H15NO3/c12-9-2-1-7-10(13)6-3-4-14-8(6)5-11(7)9/h6-8,10,13H,1-5H2. The number of piperidine rings is 1. The van der Waals surface area contributed by atoms with E-state index in [1.165, 1.54) is 0 Å². The summed E-state index contributed by atoms with van der Waals surface area (Å²) in [5, 5.41) is 10.1. The van der Waals surface area contributed by atoms with E-state index >= 15 is 0 Å². The fourth-order valence-corrected chi connectivity index (χ4v) is 3.07. The molecule has 3 fully saturated rings. The summed E-state index contributed by atoms with van der Waals surface area (Å²) in [5.74, 6) is 0.449. The van der Waals surface area contributed by atoms with E-state index in [0.29, 0.717) is 13.0 Å². The summed E-state index contributed by atoms with van der Waals surface area (Å²) < 4.78 is 5.53. The molecule has 4 heteroatoms. The minimum absolute atomic E-state index is 0.0745. The van der Waals surface area contributed by atoms with Gasteiger partial charge in [-0.15, -0.1) is 0 Å². The van der Waals surface area contributed by atoms with Gasteiger partial charge in [0.15, 0.2) is 0 Å². The van der Waals surface area contributed by atoms with Crippen LogP contribution < -0.4 is 0 Å². The number of rotatable bonds is 0. The Balaban J connectivity index is 1.86. The predicted octanol–water partition coefficient (Wildman–Crippen LogP) is -0.243. The maximum atomic E-state index is 11.5. The first-order valence-corrected chi connectivity index (χ1v) is 5.36. The van der Waals surface area contributed by atoms with Crippen LogP contribution >= 0.6 is 0 Å². The van der Waals surface area contributed by atoms with Crippen molar-refractivity contribution in [3.63, 3.8) is 0 Å². The molecule has 0 aliphatic carbocycles. The topological polar surface area (TPSA) is 49.8 Å². The highest BCUT2D eigenvalue weighted by atomic mass is 16.5. The van der Waals surface area contributed by atoms with Gasteiger partial charge < -0.3 is 14.7 Å². The van der Waals surface area contributed by atoms with Crippen molar-refractivity contribution in [2.45, 2.75) is 37.5 Å². The van der Waals surface area contributed by atoms with E-state index in [-0.39, 0.29) is 30.1 Å². The van der Waals surface area contributed by atoms with Crippen molar-refractivity contribution in [2.75, 3.05) is 13.2 Å². The Kier molecular flexibility index (Phi) is 1.82. The van der Waals surface area contributed by atoms with Crippen LogP contribution in [0, 0.1) is 5.92 Å². The Hall–Kier alpha value is -0.610. The minimum Gasteiger partial charge on any atom is -0.391 e. The normalized spacial score (nSPS) is 46.6. The summed E-state index contributed by atoms with van der Waals surface area (Å²) in [5.41, 5.74) is 0. The molecule has 0 aromatic rings. The van der Waals surface area contributed by atoms with Crippen molar-refractivity contribution in [3.05, 3.63) is 0 Å². The van der Waals surface area contributed by atoms with E-state index in [4.69, 9.17) is 4.74 Å². The van der Waals surface area contributed by atoms with E-state index in [1.807, 2.05) is 4.90 Å². The third kappa shape index (κ3) is 1.04. The molecule has 78 valence electrons. The highest BCUT2D eigenvalue weighted by Crippen LogP contribution is 2.37. The van der Waals surface area contributed by atoms with Crippen LogP contribution in [-0.2, 0) is 9.53 Å². The lowest BCUT2D eigenvalue weighted by molar-refractivity contribution is -0.138. The fourth-order valence-electron chi connectivity index (χ4n) is 3.07. The number of amides is 1. The van der Waals surface area contributed by atoms with Crippen molar-refractivity contribution >= 4 is 5.91 Å². The number of nitrogens with zero attached hydrogens (tertiary/aromatic N) is 1. The largest absolute Gasteiger partial charge is 0.391 e. The van der Waals surface area contributed by atoms with E-state index in [2.05, 4.69) is 0 Å². The smallest absolute Gasteiger partial charge is 0.223 e. The van der Waals surface area contributed by atoms with Crippen molar-refractivity contribution in [3.8, 4) is 0 Å². The van der Waals surface area contributed by atoms with Gasteiger partial charge in [-0.05, 0) is 12.8 Å². The van der Waals surface area contributed by atoms with Crippen LogP contribution in [0.5, 0.6) is 0 Å². The SMILES string of the molecule is O=C1CCC2C(O)C3CCOC3CN12. The van der Waals surface area contributed by atoms with Gasteiger partial charge in [-0.3, -0.25) is 4.79 Å². The number of aliphatic hydroxyl groups excluding tert-OH is 1. The quantitative estimate of drug-likeness (QED) is 0.583. The van der Waals surface area contributed by atoms with Crippen molar-refractivity contribution < 1.29 is 14.6 Å². The molecule has 3 rings (SSSR count). The molecule has 4 nitrogen and oxygen atoms in total. The van der Waals surface area contributed by atoms with E-state index in [1.54, 1.807) is 0 Å². The Morgan fingerprint density at radius 1 is 1.43 bits per heavy atom. The molecular formula is C10H15NO3. The Labute approximate surface area is 82.8 Å². The lowest BCUT2D eigenvalue weighted by Gasteiger charge is -2.40. The average Bonchev–Trinajstić information content (AvgIpc) is 2.75. The lowest BCUT2D eigenvalue weighted by Crippen LogP contribution is -2.55. The molecule has 3 aliphatic heterocycles. The highest BCUT2D eigenvalue weighted by molar-refractivity contribution is 5.79. The third-order valence-electron chi connectivity index (χ3n) is 3.84. The average molecular weight is 197 g/mol. The maximum Gasteiger partial charge on any atom is 0.223 e. The van der Waals surface area contributed by atoms with Gasteiger partial charge in [0.1, 0.15) is 0 Å². The first-order chi connectivity index (χ1) is 6.77. The molecule has 4 unspecified atom stereocenters. The molecular weight excluding hydrogens is 182 g/mol. The Bertz CT molecular complexity index is 268. The molecule has 3 aliphatic rings. The zero-order chi connectivity index (χ0) is 9.71. The molecule has 14 heavy (non-hydrogen) atoms. The van der Waals surface area contributed by atoms with Gasteiger partial charge in [0.25, 0.3) is 0 Å². The van der Waals surface area contributed by atoms with E-state index in [9.17, 15) is 9.90 Å². The Morgan fingerprint density at radius 3 is 3.14 bits per heavy atom. The summed E-state index contributed by atoms with van der Waals surface area (Å²) >= 11 is 0. The van der Waals surface area contributed by atoms with Crippen molar-refractivity contribution in [1.29, 1.82) is 0 Å². The van der Waals surface area contributed by atoms with Gasteiger partial charge in [0.2, 0.25) is 5.91 Å². The molecule has 3 saturated heterocycles. The Morgan fingerprint density at radius 2 is 2.29 bits per heavy atom. The van der Waals surface area contributed by atoms with Crippen LogP contribution in [0.25, 0.3) is 0 Å². The van der Waals surface area contributed by atoms with Gasteiger partial charge in [0, 0.05) is 25.5 Å². The van der Waals surface area contributed by atoms with Gasteiger partial charge >= 0.3 is 0 Å². The molecule has 0 spiro atoms. The third-order valence-corrected chi connectivity index (χ3v) is 3.84. The van der Waals surface area contributed by atoms with Gasteiger partial charge in [-0.1, -0.05) is 0 Å². The number of hydrogen-bond donors (Lipinski definition) is 1. The maximum absolute atomic E-state index is 11.5. The summed E-state index contributed by atoms with van der Waals surface area (Å²) in [6, 6.07) is 0.0745. The second-order valence-corrected chi connectivity index (χ2v) is 4.50. The fraction of sp³-hybridized carbons (Fsp3) is 0.900. The number of aliphatic hydroxyl groups is 1. The number of carbonyl (C=O) groups is 1. The number of ether oxygens (including phenoxy) is 1. The van der Waals surface area contributed by atoms with Crippen LogP contribution in [0.3, 0.4) is 0 Å². The van der Waals surface area contributed by atoms with E-state index < -0.39 is 0 Å². The van der Waals surface area contributed by atoms with Gasteiger partial charge in [-0.25, -0.2) is 0 Å². The lowest BCUT2D eigenvalue weighted by atomic mass is 9.85. The summed E-state index contributed by atoms with van der Waals surface area (Å²) in [7, 11) is 0. The number of hydrogen-bond acceptors (Lipinski definition) is 3. The second-order valence-electron chi connectivity index (χ2n) is 4.50. The number of carbonyl (C=O) groups excluding carboxylic acids is 1. The van der Waals surface area contributed by atoms with Gasteiger partial charge in [0.05, 0.1) is 18.2 Å². The first-order valence-electron chi connectivity index (χ1n) is 5.36. The van der Waals surface area contributed by atoms with Crippen LogP contribution in [0.2, 0.25) is 0 Å². The van der Waals surface area contributed by atoms with E-state index in [0.717, 1.165) is 19.4 Å². The number of fused-ring (bicyclic) bond motifs is 2. The van der Waals surface area contributed by atoms with Crippen LogP contribution in [0.15, 0.2) is 0 Å². The van der Waals surface area contributed by atoms with Crippen LogP contribution in [0.4, 0.5) is 0 Å². The molecule has 0 radical (unpaired) electrons. The summed E-state index contributed by atoms with van der Waals surface area (Å²) in [6.07, 6.45) is 2.10. The molecule has 1 amide bonds. The van der Waals surface area contributed by atoms with Crippen LogP contribution in [0.1, 0.15) is 19.3 Å². The minimum atomic E-state index is -0.359. The molecule has 0 aromatic heterocycles. The van der Waals surface area contributed by atoms with Crippen LogP contribution in [-0.4, -0.2) is 47.3 Å². The summed E-state index contributed by atoms with van der Waals surface area (Å²) in [4.78, 5) is 13.3. The second kappa shape index (κ2) is 2.94. The van der Waals surface area contributed by atoms with Crippen molar-refractivity contribution in [1.82, 2.24) is 4.90 Å². The zero-order valence-electron chi connectivity index (χ0n) is 8.06. The predicted molar refractivity (Wildman–Crippen MR) is 48.6 cm³/mol. The molecule has 1 N–H and O–H groups in total. The zero-order valence-corrected chi connectivity index (χ0v) is 8.06. The van der Waals surface area contributed by atoms with Gasteiger partial charge in [-0.2, -0.15) is 0 Å². The molecule has 0 aromatic carbocycles. The molecule has 4 atom stereocenters. The monoisotopic (exact) mass is 197 g/mol.